The van der Waals surface area contributed by atoms with Crippen LogP contribution >= 0.6 is 0 Å². The van der Waals surface area contributed by atoms with Gasteiger partial charge in [0.1, 0.15) is 5.82 Å². The Balaban J connectivity index is 0.000000616. The van der Waals surface area contributed by atoms with E-state index in [1.807, 2.05) is 65.6 Å². The highest BCUT2D eigenvalue weighted by atomic mass is 32.2. The fourth-order valence-electron chi connectivity index (χ4n) is 3.71. The number of carboxylic acids is 2. The number of alkyl halides is 3. The van der Waals surface area contributed by atoms with Crippen LogP contribution in [0.25, 0.3) is 0 Å². The van der Waals surface area contributed by atoms with Crippen molar-refractivity contribution in [1.29, 1.82) is 0 Å². The molecule has 0 aliphatic rings. The van der Waals surface area contributed by atoms with Gasteiger partial charge in [-0.2, -0.15) is 13.2 Å². The van der Waals surface area contributed by atoms with Crippen molar-refractivity contribution in [1.82, 2.24) is 0 Å². The fourth-order valence-corrected chi connectivity index (χ4v) is 4.76. The summed E-state index contributed by atoms with van der Waals surface area (Å²) in [6, 6.07) is 28.1. The van der Waals surface area contributed by atoms with Gasteiger partial charge in [-0.05, 0) is 53.6 Å². The van der Waals surface area contributed by atoms with Gasteiger partial charge in [-0.1, -0.05) is 60.7 Å². The minimum Gasteiger partial charge on any atom is -0.478 e. The van der Waals surface area contributed by atoms with Gasteiger partial charge in [0.25, 0.3) is 10.0 Å². The molecule has 0 amide bonds. The summed E-state index contributed by atoms with van der Waals surface area (Å²) in [7, 11) is -4.03. The summed E-state index contributed by atoms with van der Waals surface area (Å²) in [4.78, 5) is 22.9. The second-order valence-electron chi connectivity index (χ2n) is 8.73. The summed E-state index contributed by atoms with van der Waals surface area (Å²) in [6.45, 7) is 0.910. The summed E-state index contributed by atoms with van der Waals surface area (Å²) in [5.74, 6) is -4.50. The van der Waals surface area contributed by atoms with Gasteiger partial charge < -0.3 is 15.1 Å². The van der Waals surface area contributed by atoms with E-state index in [0.29, 0.717) is 18.8 Å². The first-order valence-electron chi connectivity index (χ1n) is 12.0. The van der Waals surface area contributed by atoms with Crippen LogP contribution in [0.2, 0.25) is 0 Å². The second kappa shape index (κ2) is 13.6. The number of halogens is 4. The minimum atomic E-state index is -5.08. The monoisotopic (exact) mass is 604 g/mol. The number of anilines is 2. The molecule has 4 aromatic carbocycles. The van der Waals surface area contributed by atoms with Crippen molar-refractivity contribution in [3.05, 3.63) is 126 Å². The average molecular weight is 605 g/mol. The highest BCUT2D eigenvalue weighted by Crippen LogP contribution is 2.29. The smallest absolute Gasteiger partial charge is 0.478 e. The van der Waals surface area contributed by atoms with Crippen LogP contribution in [0, 0.1) is 5.82 Å². The molecular formula is C29H24F4N2O6S. The summed E-state index contributed by atoms with van der Waals surface area (Å²) in [5, 5.41) is 17.1. The first-order valence-corrected chi connectivity index (χ1v) is 13.5. The van der Waals surface area contributed by atoms with E-state index in [1.54, 1.807) is 6.07 Å². The Morgan fingerprint density at radius 2 is 1.24 bits per heavy atom. The van der Waals surface area contributed by atoms with E-state index in [1.165, 1.54) is 12.1 Å². The van der Waals surface area contributed by atoms with Crippen molar-refractivity contribution in [3.8, 4) is 0 Å². The second-order valence-corrected chi connectivity index (χ2v) is 10.4. The standard InChI is InChI=1S/C27H23FN2O4S.C2HF3O2/c28-22-11-14-24(15-12-22)35(33,34)29-23-13-16-26(25(17-23)27(31)32)30(18-20-7-3-1-4-8-20)19-21-9-5-2-6-10-21;3-2(4,5)1(6)7/h1-17,29H,18-19H2,(H,31,32);(H,6,7). The Kier molecular flexibility index (Phi) is 10.3. The number of benzene rings is 4. The molecule has 0 atom stereocenters. The molecule has 0 aliphatic heterocycles. The van der Waals surface area contributed by atoms with Crippen LogP contribution in [0.4, 0.5) is 28.9 Å². The summed E-state index contributed by atoms with van der Waals surface area (Å²) in [6.07, 6.45) is -5.08. The number of carbonyl (C=O) groups is 2. The zero-order chi connectivity index (χ0) is 30.9. The van der Waals surface area contributed by atoms with Gasteiger partial charge in [0.05, 0.1) is 16.1 Å². The molecule has 0 radical (unpaired) electrons. The number of hydrogen-bond acceptors (Lipinski definition) is 5. The van der Waals surface area contributed by atoms with Crippen molar-refractivity contribution in [2.75, 3.05) is 9.62 Å². The molecule has 0 aliphatic carbocycles. The van der Waals surface area contributed by atoms with Gasteiger partial charge in [0, 0.05) is 18.8 Å². The number of aliphatic carboxylic acids is 1. The Hall–Kier alpha value is -4.91. The van der Waals surface area contributed by atoms with Crippen LogP contribution in [-0.2, 0) is 27.9 Å². The van der Waals surface area contributed by atoms with Crippen LogP contribution in [0.3, 0.4) is 0 Å². The number of rotatable bonds is 9. The van der Waals surface area contributed by atoms with Gasteiger partial charge in [-0.25, -0.2) is 22.4 Å². The zero-order valence-corrected chi connectivity index (χ0v) is 22.4. The first-order chi connectivity index (χ1) is 19.8. The van der Waals surface area contributed by atoms with Gasteiger partial charge in [-0.15, -0.1) is 0 Å². The molecule has 220 valence electrons. The van der Waals surface area contributed by atoms with E-state index >= 15 is 0 Å². The third-order valence-electron chi connectivity index (χ3n) is 5.62. The SMILES string of the molecule is O=C(O)C(F)(F)F.O=C(O)c1cc(NS(=O)(=O)c2ccc(F)cc2)ccc1N(Cc1ccccc1)Cc1ccccc1. The normalized spacial score (nSPS) is 11.1. The fraction of sp³-hybridized carbons (Fsp3) is 0.103. The predicted molar refractivity (Wildman–Crippen MR) is 147 cm³/mol. The van der Waals surface area contributed by atoms with Gasteiger partial charge in [-0.3, -0.25) is 4.72 Å². The van der Waals surface area contributed by atoms with Crippen LogP contribution in [-0.4, -0.2) is 36.7 Å². The van der Waals surface area contributed by atoms with Crippen molar-refractivity contribution < 1.29 is 45.8 Å². The Labute approximate surface area is 238 Å². The van der Waals surface area contributed by atoms with Crippen LogP contribution in [0.5, 0.6) is 0 Å². The average Bonchev–Trinajstić information content (AvgIpc) is 2.93. The number of hydrogen-bond donors (Lipinski definition) is 3. The Bertz CT molecular complexity index is 1570. The van der Waals surface area contributed by atoms with E-state index in [2.05, 4.69) is 4.72 Å². The number of sulfonamides is 1. The number of nitrogens with zero attached hydrogens (tertiary/aromatic N) is 1. The summed E-state index contributed by atoms with van der Waals surface area (Å²) < 4.78 is 72.7. The maximum atomic E-state index is 13.2. The molecule has 42 heavy (non-hydrogen) atoms. The molecule has 0 saturated heterocycles. The lowest BCUT2D eigenvalue weighted by molar-refractivity contribution is -0.192. The molecule has 0 fully saturated rings. The molecule has 0 bridgehead atoms. The van der Waals surface area contributed by atoms with E-state index in [-0.39, 0.29) is 16.1 Å². The van der Waals surface area contributed by atoms with E-state index < -0.39 is 34.0 Å². The number of aromatic carboxylic acids is 1. The molecule has 4 aromatic rings. The van der Waals surface area contributed by atoms with Crippen LogP contribution in [0.1, 0.15) is 21.5 Å². The molecule has 0 heterocycles. The van der Waals surface area contributed by atoms with Crippen molar-refractivity contribution >= 4 is 33.3 Å². The quantitative estimate of drug-likeness (QED) is 0.195. The molecule has 0 spiro atoms. The van der Waals surface area contributed by atoms with Crippen LogP contribution in [0.15, 0.2) is 108 Å². The lowest BCUT2D eigenvalue weighted by Gasteiger charge is -2.27. The predicted octanol–water partition coefficient (Wildman–Crippen LogP) is 6.16. The molecule has 4 rings (SSSR count). The summed E-state index contributed by atoms with van der Waals surface area (Å²) in [5.41, 5.74) is 2.50. The van der Waals surface area contributed by atoms with Crippen molar-refractivity contribution in [3.63, 3.8) is 0 Å². The molecule has 0 aromatic heterocycles. The van der Waals surface area contributed by atoms with Gasteiger partial charge >= 0.3 is 18.1 Å². The van der Waals surface area contributed by atoms with E-state index in [0.717, 1.165) is 35.4 Å². The largest absolute Gasteiger partial charge is 0.490 e. The van der Waals surface area contributed by atoms with Crippen LogP contribution < -0.4 is 9.62 Å². The lowest BCUT2D eigenvalue weighted by Crippen LogP contribution is -2.24. The molecule has 0 unspecified atom stereocenters. The highest BCUT2D eigenvalue weighted by Gasteiger charge is 2.38. The molecule has 3 N–H and O–H groups in total. The molecule has 13 heteroatoms. The van der Waals surface area contributed by atoms with Crippen molar-refractivity contribution in [2.24, 2.45) is 0 Å². The Morgan fingerprint density at radius 1 is 0.762 bits per heavy atom. The zero-order valence-electron chi connectivity index (χ0n) is 21.6. The van der Waals surface area contributed by atoms with Gasteiger partial charge in [0.2, 0.25) is 0 Å². The maximum absolute atomic E-state index is 13.2. The topological polar surface area (TPSA) is 124 Å². The number of nitrogens with one attached hydrogen (secondary N) is 1. The number of carboxylic acid groups (broad SMARTS) is 2. The van der Waals surface area contributed by atoms with E-state index in [4.69, 9.17) is 9.90 Å². The highest BCUT2D eigenvalue weighted by molar-refractivity contribution is 7.92. The lowest BCUT2D eigenvalue weighted by atomic mass is 10.1. The van der Waals surface area contributed by atoms with Crippen molar-refractivity contribution in [2.45, 2.75) is 24.2 Å². The minimum absolute atomic E-state index is 0.0452. The third-order valence-corrected chi connectivity index (χ3v) is 7.02. The molecule has 0 saturated carbocycles. The first kappa shape index (κ1) is 31.6. The third kappa shape index (κ3) is 9.06. The maximum Gasteiger partial charge on any atom is 0.490 e. The van der Waals surface area contributed by atoms with Gasteiger partial charge in [0.15, 0.2) is 0 Å². The molecule has 8 nitrogen and oxygen atoms in total. The van der Waals surface area contributed by atoms with E-state index in [9.17, 15) is 35.9 Å². The Morgan fingerprint density at radius 3 is 1.67 bits per heavy atom. The summed E-state index contributed by atoms with van der Waals surface area (Å²) >= 11 is 0. The molecular weight excluding hydrogens is 580 g/mol.